The van der Waals surface area contributed by atoms with Crippen molar-refractivity contribution in [2.45, 2.75) is 101 Å². The Labute approximate surface area is 191 Å². The van der Waals surface area contributed by atoms with Crippen molar-refractivity contribution in [1.29, 1.82) is 0 Å². The number of hydrogen-bond donors (Lipinski definition) is 2. The van der Waals surface area contributed by atoms with E-state index in [1.165, 1.54) is 64.5 Å². The van der Waals surface area contributed by atoms with Crippen molar-refractivity contribution < 1.29 is 24.5 Å². The fourth-order valence-corrected chi connectivity index (χ4v) is 1.71. The molecule has 182 valence electrons. The Bertz CT molecular complexity index is 511. The van der Waals surface area contributed by atoms with E-state index in [2.05, 4.69) is 37.6 Å². The van der Waals surface area contributed by atoms with Crippen molar-refractivity contribution >= 4 is 11.8 Å². The van der Waals surface area contributed by atoms with E-state index in [-0.39, 0.29) is 23.6 Å². The molecular formula is C26H48O5. The van der Waals surface area contributed by atoms with Crippen molar-refractivity contribution in [2.24, 2.45) is 0 Å². The van der Waals surface area contributed by atoms with Crippen LogP contribution < -0.4 is 0 Å². The molecule has 0 saturated heterocycles. The molecule has 0 aliphatic rings. The summed E-state index contributed by atoms with van der Waals surface area (Å²) in [7, 11) is 0. The van der Waals surface area contributed by atoms with E-state index in [4.69, 9.17) is 10.2 Å². The largest absolute Gasteiger partial charge is 0.512 e. The van der Waals surface area contributed by atoms with Gasteiger partial charge in [0, 0.05) is 19.1 Å². The van der Waals surface area contributed by atoms with Gasteiger partial charge in [0.1, 0.15) is 0 Å². The molecule has 1 rings (SSSR count). The molecule has 0 amide bonds. The second-order valence-electron chi connectivity index (χ2n) is 7.13. The number of ketones is 1. The number of carbonyl (C=O) groups is 2. The van der Waals surface area contributed by atoms with E-state index in [1.54, 1.807) is 20.8 Å². The Hall–Kier alpha value is -2.14. The molecule has 0 aliphatic heterocycles. The lowest BCUT2D eigenvalue weighted by Gasteiger charge is -1.90. The molecule has 1 aromatic rings. The van der Waals surface area contributed by atoms with Gasteiger partial charge >= 0.3 is 5.97 Å². The van der Waals surface area contributed by atoms with Gasteiger partial charge in [-0.1, -0.05) is 81.8 Å². The number of aryl methyl sites for hydroxylation is 1. The van der Waals surface area contributed by atoms with Crippen molar-refractivity contribution in [3.63, 3.8) is 0 Å². The minimum Gasteiger partial charge on any atom is -0.512 e. The first kappa shape index (κ1) is 36.2. The van der Waals surface area contributed by atoms with Crippen LogP contribution in [0, 0.1) is 6.92 Å². The molecule has 0 bridgehead atoms. The Morgan fingerprint density at radius 1 is 0.935 bits per heavy atom. The maximum Gasteiger partial charge on any atom is 0.302 e. The topological polar surface area (TPSA) is 83.8 Å². The lowest BCUT2D eigenvalue weighted by atomic mass is 10.2. The highest BCUT2D eigenvalue weighted by molar-refractivity contribution is 5.87. The predicted molar refractivity (Wildman–Crippen MR) is 132 cm³/mol. The molecular weight excluding hydrogens is 392 g/mol. The van der Waals surface area contributed by atoms with Crippen LogP contribution >= 0.6 is 0 Å². The number of hydrogen-bond acceptors (Lipinski definition) is 5. The molecule has 0 atom stereocenters. The molecule has 0 heterocycles. The molecule has 1 aromatic carbocycles. The Morgan fingerprint density at radius 2 is 1.35 bits per heavy atom. The number of esters is 1. The molecule has 5 nitrogen and oxygen atoms in total. The predicted octanol–water partition coefficient (Wildman–Crippen LogP) is 6.97. The molecule has 2 N–H and O–H groups in total. The smallest absolute Gasteiger partial charge is 0.302 e. The van der Waals surface area contributed by atoms with Crippen LogP contribution in [0.3, 0.4) is 0 Å². The molecule has 0 unspecified atom stereocenters. The van der Waals surface area contributed by atoms with Crippen molar-refractivity contribution in [2.75, 3.05) is 6.61 Å². The van der Waals surface area contributed by atoms with Crippen LogP contribution in [0.25, 0.3) is 0 Å². The first-order valence-electron chi connectivity index (χ1n) is 11.1. The normalized spacial score (nSPS) is 9.32. The number of allylic oxidation sites excluding steroid dienone is 2. The molecule has 0 aliphatic carbocycles. The summed E-state index contributed by atoms with van der Waals surface area (Å²) in [4.78, 5) is 19.8. The summed E-state index contributed by atoms with van der Waals surface area (Å²) in [6, 6.07) is 10.3. The number of rotatable bonds is 6. The van der Waals surface area contributed by atoms with E-state index in [0.717, 1.165) is 0 Å². The van der Waals surface area contributed by atoms with Gasteiger partial charge < -0.3 is 14.9 Å². The molecule has 0 fully saturated rings. The SMILES string of the molecule is CC(=O)/C=C(/C)O.CC(C)O.CCCCCCC.CCOC(C)=O.Cc1ccccc1. The van der Waals surface area contributed by atoms with Gasteiger partial charge in [0.05, 0.1) is 12.4 Å². The van der Waals surface area contributed by atoms with Crippen LogP contribution in [0.5, 0.6) is 0 Å². The molecule has 0 radical (unpaired) electrons. The van der Waals surface area contributed by atoms with Crippen molar-refractivity contribution in [3.05, 3.63) is 47.7 Å². The van der Waals surface area contributed by atoms with Crippen LogP contribution in [-0.2, 0) is 14.3 Å². The number of ether oxygens (including phenoxy) is 1. The van der Waals surface area contributed by atoms with Crippen molar-refractivity contribution in [1.82, 2.24) is 0 Å². The van der Waals surface area contributed by atoms with Gasteiger partial charge in [0.25, 0.3) is 0 Å². The summed E-state index contributed by atoms with van der Waals surface area (Å²) < 4.78 is 4.40. The minimum absolute atomic E-state index is 0.0625. The molecule has 0 saturated carbocycles. The van der Waals surface area contributed by atoms with Gasteiger partial charge in [-0.25, -0.2) is 0 Å². The molecule has 0 aromatic heterocycles. The summed E-state index contributed by atoms with van der Waals surface area (Å²) in [5.74, 6) is -0.273. The van der Waals surface area contributed by atoms with Gasteiger partial charge in [-0.15, -0.1) is 0 Å². The lowest BCUT2D eigenvalue weighted by Crippen LogP contribution is -1.95. The highest BCUT2D eigenvalue weighted by Crippen LogP contribution is 2.00. The number of unbranched alkanes of at least 4 members (excludes halogenated alkanes) is 4. The number of benzene rings is 1. The third kappa shape index (κ3) is 65.5. The van der Waals surface area contributed by atoms with Gasteiger partial charge in [-0.3, -0.25) is 9.59 Å². The highest BCUT2D eigenvalue weighted by Gasteiger charge is 1.83. The van der Waals surface area contributed by atoms with Gasteiger partial charge in [0.15, 0.2) is 5.78 Å². The summed E-state index contributed by atoms with van der Waals surface area (Å²) in [5, 5.41) is 16.4. The third-order valence-corrected chi connectivity index (χ3v) is 2.91. The average molecular weight is 441 g/mol. The maximum atomic E-state index is 10.0. The standard InChI is InChI=1S/C7H8.C7H16.C5H8O2.C4H8O2.C3H8O/c1-7-5-3-2-4-6-7;1-3-5-7-6-4-2;1-4(6)3-5(2)7;1-3-6-4(2)5;1-3(2)4/h2-6H,1H3;3-7H2,1-2H3;3,6H,1-2H3;3H2,1-2H3;3-4H,1-2H3/b;;4-3-;;. The molecule has 0 spiro atoms. The van der Waals surface area contributed by atoms with Crippen molar-refractivity contribution in [3.8, 4) is 0 Å². The number of carbonyl (C=O) groups excluding carboxylic acids is 2. The molecule has 5 heteroatoms. The summed E-state index contributed by atoms with van der Waals surface area (Å²) in [6.07, 6.45) is 8.01. The first-order chi connectivity index (χ1) is 14.4. The van der Waals surface area contributed by atoms with Crippen LogP contribution in [-0.4, -0.2) is 34.7 Å². The zero-order valence-corrected chi connectivity index (χ0v) is 21.4. The zero-order chi connectivity index (χ0) is 25.1. The number of aliphatic hydroxyl groups excluding tert-OH is 2. The zero-order valence-electron chi connectivity index (χ0n) is 21.4. The first-order valence-corrected chi connectivity index (χ1v) is 11.1. The maximum absolute atomic E-state index is 10.0. The monoisotopic (exact) mass is 440 g/mol. The van der Waals surface area contributed by atoms with E-state index in [9.17, 15) is 9.59 Å². The van der Waals surface area contributed by atoms with Gasteiger partial charge in [0.2, 0.25) is 0 Å². The Morgan fingerprint density at radius 3 is 1.48 bits per heavy atom. The Kier molecular flexibility index (Phi) is 35.1. The quantitative estimate of drug-likeness (QED) is 0.216. The molecule has 31 heavy (non-hydrogen) atoms. The van der Waals surface area contributed by atoms with Crippen LogP contribution in [0.1, 0.15) is 93.1 Å². The summed E-state index contributed by atoms with van der Waals surface area (Å²) in [5.41, 5.74) is 1.32. The number of aliphatic hydroxyl groups is 2. The van der Waals surface area contributed by atoms with Crippen LogP contribution in [0.4, 0.5) is 0 Å². The summed E-state index contributed by atoms with van der Waals surface area (Å²) in [6.45, 7) is 16.5. The fourth-order valence-electron chi connectivity index (χ4n) is 1.71. The second-order valence-corrected chi connectivity index (χ2v) is 7.13. The van der Waals surface area contributed by atoms with Gasteiger partial charge in [-0.2, -0.15) is 0 Å². The van der Waals surface area contributed by atoms with Gasteiger partial charge in [-0.05, 0) is 41.5 Å². The van der Waals surface area contributed by atoms with Crippen LogP contribution in [0.15, 0.2) is 42.2 Å². The van der Waals surface area contributed by atoms with E-state index < -0.39 is 0 Å². The van der Waals surface area contributed by atoms with E-state index >= 15 is 0 Å². The Balaban J connectivity index is -0.000000149. The summed E-state index contributed by atoms with van der Waals surface area (Å²) >= 11 is 0. The van der Waals surface area contributed by atoms with E-state index in [1.807, 2.05) is 18.2 Å². The third-order valence-electron chi connectivity index (χ3n) is 2.91. The fraction of sp³-hybridized carbons (Fsp3) is 0.615. The minimum atomic E-state index is -0.211. The average Bonchev–Trinajstić information content (AvgIpc) is 2.63. The highest BCUT2D eigenvalue weighted by atomic mass is 16.5. The van der Waals surface area contributed by atoms with Crippen LogP contribution in [0.2, 0.25) is 0 Å². The lowest BCUT2D eigenvalue weighted by molar-refractivity contribution is -0.140. The van der Waals surface area contributed by atoms with E-state index in [0.29, 0.717) is 6.61 Å². The second kappa shape index (κ2) is 30.1.